The van der Waals surface area contributed by atoms with E-state index in [1.807, 2.05) is 0 Å². The summed E-state index contributed by atoms with van der Waals surface area (Å²) in [7, 11) is 0. The van der Waals surface area contributed by atoms with E-state index in [1.54, 1.807) is 0 Å². The zero-order chi connectivity index (χ0) is 15.7. The van der Waals surface area contributed by atoms with Gasteiger partial charge in [-0.2, -0.15) is 5.10 Å². The van der Waals surface area contributed by atoms with Crippen molar-refractivity contribution >= 4 is 17.8 Å². The topological polar surface area (TPSA) is 117 Å². The fraction of sp³-hybridized carbons (Fsp3) is 0.643. The maximum atomic E-state index is 11.7. The van der Waals surface area contributed by atoms with Gasteiger partial charge in [-0.05, 0) is 25.7 Å². The number of hydrogen-bond acceptors (Lipinski definition) is 6. The minimum atomic E-state index is -0.639. The van der Waals surface area contributed by atoms with Crippen molar-refractivity contribution in [3.05, 3.63) is 12.2 Å². The number of hydrazone groups is 1. The van der Waals surface area contributed by atoms with Crippen LogP contribution in [0.15, 0.2) is 17.3 Å². The van der Waals surface area contributed by atoms with E-state index in [2.05, 4.69) is 11.7 Å². The quantitative estimate of drug-likeness (QED) is 0.181. The first-order valence-electron chi connectivity index (χ1n) is 7.09. The average Bonchev–Trinajstić information content (AvgIpc) is 2.47. The van der Waals surface area contributed by atoms with E-state index in [0.717, 1.165) is 25.7 Å². The van der Waals surface area contributed by atoms with E-state index in [1.165, 1.54) is 6.42 Å². The predicted octanol–water partition coefficient (Wildman–Crippen LogP) is 0.973. The highest BCUT2D eigenvalue weighted by Gasteiger charge is 2.20. The number of nitrogens with two attached hydrogens (primary N) is 2. The number of carbonyl (C=O) groups excluding carboxylic acids is 2. The van der Waals surface area contributed by atoms with Gasteiger partial charge in [0.25, 0.3) is 0 Å². The van der Waals surface area contributed by atoms with Gasteiger partial charge in [0.15, 0.2) is 0 Å². The molecule has 0 spiro atoms. The van der Waals surface area contributed by atoms with Gasteiger partial charge in [0.05, 0.1) is 13.0 Å². The molecule has 0 aromatic heterocycles. The van der Waals surface area contributed by atoms with Crippen LogP contribution in [0.3, 0.4) is 0 Å². The monoisotopic (exact) mass is 297 g/mol. The predicted molar refractivity (Wildman–Crippen MR) is 78.1 cm³/mol. The summed E-state index contributed by atoms with van der Waals surface area (Å²) < 4.78 is 10.2. The molecule has 1 aliphatic rings. The van der Waals surface area contributed by atoms with Crippen LogP contribution < -0.4 is 11.6 Å². The highest BCUT2D eigenvalue weighted by molar-refractivity contribution is 5.93. The number of ether oxygens (including phenoxy) is 2. The second-order valence-electron chi connectivity index (χ2n) is 5.04. The smallest absolute Gasteiger partial charge is 0.334 e. The number of amidine groups is 1. The average molecular weight is 297 g/mol. The Morgan fingerprint density at radius 1 is 1.24 bits per heavy atom. The van der Waals surface area contributed by atoms with Crippen LogP contribution in [0.25, 0.3) is 0 Å². The van der Waals surface area contributed by atoms with E-state index in [-0.39, 0.29) is 37.0 Å². The standard InChI is InChI=1S/C14H23N3O4/c1-10(14(19)20-8-7-12(15)17-16)9-13(18)21-11-5-3-2-4-6-11/h11H,1-9,16H2,(H2,15,17). The van der Waals surface area contributed by atoms with E-state index in [0.29, 0.717) is 0 Å². The van der Waals surface area contributed by atoms with Crippen molar-refractivity contribution < 1.29 is 19.1 Å². The van der Waals surface area contributed by atoms with Gasteiger partial charge in [-0.3, -0.25) is 4.79 Å². The molecule has 0 aromatic rings. The summed E-state index contributed by atoms with van der Waals surface area (Å²) in [5.41, 5.74) is 5.43. The third kappa shape index (κ3) is 6.78. The molecule has 21 heavy (non-hydrogen) atoms. The van der Waals surface area contributed by atoms with Crippen molar-refractivity contribution in [2.45, 2.75) is 51.0 Å². The van der Waals surface area contributed by atoms with Gasteiger partial charge in [-0.15, -0.1) is 0 Å². The molecule has 0 aliphatic heterocycles. The normalized spacial score (nSPS) is 16.3. The van der Waals surface area contributed by atoms with Crippen molar-refractivity contribution in [3.63, 3.8) is 0 Å². The highest BCUT2D eigenvalue weighted by atomic mass is 16.5. The molecule has 7 heteroatoms. The first-order valence-corrected chi connectivity index (χ1v) is 7.09. The van der Waals surface area contributed by atoms with Crippen LogP contribution in [0.5, 0.6) is 0 Å². The van der Waals surface area contributed by atoms with Crippen LogP contribution in [0.2, 0.25) is 0 Å². The van der Waals surface area contributed by atoms with E-state index >= 15 is 0 Å². The minimum Gasteiger partial charge on any atom is -0.462 e. The van der Waals surface area contributed by atoms with E-state index < -0.39 is 11.9 Å². The fourth-order valence-electron chi connectivity index (χ4n) is 2.07. The van der Waals surface area contributed by atoms with Crippen molar-refractivity contribution in [1.82, 2.24) is 0 Å². The lowest BCUT2D eigenvalue weighted by Crippen LogP contribution is -2.22. The molecule has 1 fully saturated rings. The zero-order valence-electron chi connectivity index (χ0n) is 12.2. The summed E-state index contributed by atoms with van der Waals surface area (Å²) in [4.78, 5) is 23.3. The minimum absolute atomic E-state index is 0.0318. The number of rotatable bonds is 7. The van der Waals surface area contributed by atoms with Crippen LogP contribution in [0.4, 0.5) is 0 Å². The van der Waals surface area contributed by atoms with Crippen LogP contribution in [-0.4, -0.2) is 30.5 Å². The Labute approximate surface area is 124 Å². The molecule has 0 aromatic carbocycles. The Balaban J connectivity index is 2.24. The number of carbonyl (C=O) groups is 2. The van der Waals surface area contributed by atoms with Crippen molar-refractivity contribution in [2.75, 3.05) is 6.61 Å². The van der Waals surface area contributed by atoms with Gasteiger partial charge in [0.2, 0.25) is 0 Å². The molecule has 0 heterocycles. The van der Waals surface area contributed by atoms with E-state index in [4.69, 9.17) is 21.1 Å². The maximum absolute atomic E-state index is 11.7. The Hall–Kier alpha value is -2.05. The highest BCUT2D eigenvalue weighted by Crippen LogP contribution is 2.21. The lowest BCUT2D eigenvalue weighted by Gasteiger charge is -2.21. The number of esters is 2. The third-order valence-electron chi connectivity index (χ3n) is 3.25. The summed E-state index contributed by atoms with van der Waals surface area (Å²) in [6, 6.07) is 0. The molecule has 0 unspecified atom stereocenters. The van der Waals surface area contributed by atoms with Crippen LogP contribution in [0.1, 0.15) is 44.9 Å². The largest absolute Gasteiger partial charge is 0.462 e. The molecule has 0 saturated heterocycles. The Morgan fingerprint density at radius 3 is 2.52 bits per heavy atom. The van der Waals surface area contributed by atoms with Crippen LogP contribution in [0, 0.1) is 0 Å². The molecule has 118 valence electrons. The molecule has 0 atom stereocenters. The molecule has 0 radical (unpaired) electrons. The molecule has 4 N–H and O–H groups in total. The molecule has 1 rings (SSSR count). The summed E-state index contributed by atoms with van der Waals surface area (Å²) >= 11 is 0. The van der Waals surface area contributed by atoms with Crippen molar-refractivity contribution in [1.29, 1.82) is 0 Å². The maximum Gasteiger partial charge on any atom is 0.334 e. The molecule has 1 aliphatic carbocycles. The summed E-state index contributed by atoms with van der Waals surface area (Å²) in [6.07, 6.45) is 5.16. The molecule has 7 nitrogen and oxygen atoms in total. The fourth-order valence-corrected chi connectivity index (χ4v) is 2.07. The van der Waals surface area contributed by atoms with Gasteiger partial charge in [-0.25, -0.2) is 4.79 Å². The van der Waals surface area contributed by atoms with Gasteiger partial charge in [0.1, 0.15) is 11.9 Å². The Morgan fingerprint density at radius 2 is 1.90 bits per heavy atom. The first kappa shape index (κ1) is 17.0. The Bertz CT molecular complexity index is 414. The molecule has 0 bridgehead atoms. The second kappa shape index (κ2) is 8.99. The number of hydrogen-bond donors (Lipinski definition) is 2. The summed E-state index contributed by atoms with van der Waals surface area (Å²) in [6.45, 7) is 3.59. The number of nitrogens with zero attached hydrogens (tertiary/aromatic N) is 1. The summed E-state index contributed by atoms with van der Waals surface area (Å²) in [5.74, 6) is 4.06. The van der Waals surface area contributed by atoms with Crippen LogP contribution in [-0.2, 0) is 19.1 Å². The van der Waals surface area contributed by atoms with E-state index in [9.17, 15) is 9.59 Å². The SMILES string of the molecule is C=C(CC(=O)OC1CCCCC1)C(=O)OCCC(N)=NN. The third-order valence-corrected chi connectivity index (χ3v) is 3.25. The molecule has 0 amide bonds. The summed E-state index contributed by atoms with van der Waals surface area (Å²) in [5, 5.41) is 3.25. The lowest BCUT2D eigenvalue weighted by molar-refractivity contribution is -0.151. The molecular weight excluding hydrogens is 274 g/mol. The molecule has 1 saturated carbocycles. The Kier molecular flexibility index (Phi) is 7.28. The van der Waals surface area contributed by atoms with Gasteiger partial charge < -0.3 is 21.1 Å². The van der Waals surface area contributed by atoms with Crippen LogP contribution >= 0.6 is 0 Å². The zero-order valence-corrected chi connectivity index (χ0v) is 12.2. The first-order chi connectivity index (χ1) is 10.0. The molecular formula is C14H23N3O4. The van der Waals surface area contributed by atoms with Gasteiger partial charge >= 0.3 is 11.9 Å². The second-order valence-corrected chi connectivity index (χ2v) is 5.04. The van der Waals surface area contributed by atoms with Crippen molar-refractivity contribution in [3.8, 4) is 0 Å². The van der Waals surface area contributed by atoms with Crippen molar-refractivity contribution in [2.24, 2.45) is 16.7 Å². The van der Waals surface area contributed by atoms with Gasteiger partial charge in [-0.1, -0.05) is 13.0 Å². The lowest BCUT2D eigenvalue weighted by atomic mass is 9.98. The van der Waals surface area contributed by atoms with Gasteiger partial charge in [0, 0.05) is 12.0 Å².